The Morgan fingerprint density at radius 1 is 1.37 bits per heavy atom. The molecule has 0 saturated carbocycles. The van der Waals surface area contributed by atoms with E-state index in [0.29, 0.717) is 9.79 Å². The fourth-order valence-corrected chi connectivity index (χ4v) is 2.61. The van der Waals surface area contributed by atoms with Crippen LogP contribution in [0.3, 0.4) is 0 Å². The molecule has 0 aliphatic rings. The summed E-state index contributed by atoms with van der Waals surface area (Å²) in [4.78, 5) is 11.8. The molecule has 0 amide bonds. The van der Waals surface area contributed by atoms with Gasteiger partial charge in [-0.05, 0) is 37.3 Å². The molecule has 0 spiro atoms. The average molecular weight is 291 g/mol. The van der Waals surface area contributed by atoms with E-state index in [1.165, 1.54) is 0 Å². The second-order valence-electron chi connectivity index (χ2n) is 4.26. The van der Waals surface area contributed by atoms with Crippen molar-refractivity contribution in [2.45, 2.75) is 13.0 Å². The minimum atomic E-state index is 0.0103. The van der Waals surface area contributed by atoms with E-state index in [4.69, 9.17) is 23.8 Å². The highest BCUT2D eigenvalue weighted by atomic mass is 35.5. The van der Waals surface area contributed by atoms with E-state index in [-0.39, 0.29) is 6.04 Å². The van der Waals surface area contributed by atoms with E-state index in [1.54, 1.807) is 12.4 Å². The highest BCUT2D eigenvalue weighted by Crippen LogP contribution is 2.23. The summed E-state index contributed by atoms with van der Waals surface area (Å²) in [7, 11) is 0. The molecule has 0 aliphatic heterocycles. The van der Waals surface area contributed by atoms with Crippen LogP contribution in [-0.4, -0.2) is 19.5 Å². The molecule has 1 unspecified atom stereocenters. The smallest absolute Gasteiger partial charge is 0.179 e. The Labute approximate surface area is 120 Å². The van der Waals surface area contributed by atoms with Gasteiger partial charge in [-0.15, -0.1) is 0 Å². The quantitative estimate of drug-likeness (QED) is 0.731. The number of aromatic amines is 1. The topological polar surface area (TPSA) is 46.5 Å². The molecule has 1 N–H and O–H groups in total. The van der Waals surface area contributed by atoms with Crippen LogP contribution in [0.1, 0.15) is 18.7 Å². The number of nitrogens with one attached hydrogen (secondary N) is 1. The highest BCUT2D eigenvalue weighted by molar-refractivity contribution is 7.71. The van der Waals surface area contributed by atoms with Crippen molar-refractivity contribution in [2.24, 2.45) is 0 Å². The predicted molar refractivity (Wildman–Crippen MR) is 78.0 cm³/mol. The van der Waals surface area contributed by atoms with Gasteiger partial charge in [-0.3, -0.25) is 9.55 Å². The van der Waals surface area contributed by atoms with Gasteiger partial charge < -0.3 is 4.98 Å². The van der Waals surface area contributed by atoms with Gasteiger partial charge in [-0.1, -0.05) is 17.7 Å². The van der Waals surface area contributed by atoms with Crippen LogP contribution in [0.25, 0.3) is 11.2 Å². The Hall–Kier alpha value is -1.72. The number of hydrogen-bond acceptors (Lipinski definition) is 3. The van der Waals surface area contributed by atoms with E-state index < -0.39 is 0 Å². The third-order valence-corrected chi connectivity index (χ3v) is 3.53. The minimum Gasteiger partial charge on any atom is -0.329 e. The van der Waals surface area contributed by atoms with Gasteiger partial charge in [-0.25, -0.2) is 4.98 Å². The molecule has 4 nitrogen and oxygen atoms in total. The fraction of sp³-hybridized carbons (Fsp3) is 0.154. The SMILES string of the molecule is CC(c1ccccn1)n1c(=S)[nH]c2cc(Cl)cnc21. The first-order valence-corrected chi connectivity index (χ1v) is 6.62. The zero-order chi connectivity index (χ0) is 13.4. The van der Waals surface area contributed by atoms with Crippen molar-refractivity contribution < 1.29 is 0 Å². The number of nitrogens with zero attached hydrogens (tertiary/aromatic N) is 3. The summed E-state index contributed by atoms with van der Waals surface area (Å²) in [5, 5.41) is 0.585. The van der Waals surface area contributed by atoms with Crippen LogP contribution in [0, 0.1) is 4.77 Å². The second kappa shape index (κ2) is 4.75. The zero-order valence-electron chi connectivity index (χ0n) is 10.2. The van der Waals surface area contributed by atoms with Gasteiger partial charge in [0.15, 0.2) is 10.4 Å². The maximum atomic E-state index is 5.94. The lowest BCUT2D eigenvalue weighted by atomic mass is 10.2. The maximum absolute atomic E-state index is 5.94. The number of rotatable bonds is 2. The molecule has 3 aromatic heterocycles. The molecule has 3 aromatic rings. The second-order valence-corrected chi connectivity index (χ2v) is 5.08. The summed E-state index contributed by atoms with van der Waals surface area (Å²) in [5.74, 6) is 0. The molecule has 0 radical (unpaired) electrons. The number of hydrogen-bond donors (Lipinski definition) is 1. The summed E-state index contributed by atoms with van der Waals surface area (Å²) in [6.07, 6.45) is 3.39. The Morgan fingerprint density at radius 2 is 2.21 bits per heavy atom. The van der Waals surface area contributed by atoms with Gasteiger partial charge in [0.1, 0.15) is 0 Å². The first-order chi connectivity index (χ1) is 9.16. The summed E-state index contributed by atoms with van der Waals surface area (Å²) >= 11 is 11.3. The maximum Gasteiger partial charge on any atom is 0.179 e. The number of pyridine rings is 2. The first-order valence-electron chi connectivity index (χ1n) is 5.83. The Balaban J connectivity index is 2.20. The third-order valence-electron chi connectivity index (χ3n) is 3.02. The molecule has 96 valence electrons. The predicted octanol–water partition coefficient (Wildman–Crippen LogP) is 3.75. The van der Waals surface area contributed by atoms with Crippen LogP contribution in [0.15, 0.2) is 36.7 Å². The van der Waals surface area contributed by atoms with Gasteiger partial charge in [0, 0.05) is 12.4 Å². The summed E-state index contributed by atoms with van der Waals surface area (Å²) < 4.78 is 2.56. The van der Waals surface area contributed by atoms with Crippen molar-refractivity contribution in [3.05, 3.63) is 52.1 Å². The number of aromatic nitrogens is 4. The molecule has 0 aromatic carbocycles. The zero-order valence-corrected chi connectivity index (χ0v) is 11.7. The Bertz CT molecular complexity index is 778. The highest BCUT2D eigenvalue weighted by Gasteiger charge is 2.14. The van der Waals surface area contributed by atoms with Gasteiger partial charge in [0.05, 0.1) is 22.3 Å². The fourth-order valence-electron chi connectivity index (χ4n) is 2.10. The molecular weight excluding hydrogens is 280 g/mol. The van der Waals surface area contributed by atoms with E-state index in [2.05, 4.69) is 15.0 Å². The Morgan fingerprint density at radius 3 is 2.95 bits per heavy atom. The number of H-pyrrole nitrogens is 1. The van der Waals surface area contributed by atoms with E-state index >= 15 is 0 Å². The lowest BCUT2D eigenvalue weighted by Crippen LogP contribution is -2.09. The van der Waals surface area contributed by atoms with Crippen LogP contribution in [-0.2, 0) is 0 Å². The molecule has 1 atom stereocenters. The number of halogens is 1. The van der Waals surface area contributed by atoms with Crippen molar-refractivity contribution in [3.8, 4) is 0 Å². The van der Waals surface area contributed by atoms with Crippen molar-refractivity contribution >= 4 is 35.0 Å². The molecule has 19 heavy (non-hydrogen) atoms. The normalized spacial score (nSPS) is 12.7. The monoisotopic (exact) mass is 290 g/mol. The molecule has 0 bridgehead atoms. The lowest BCUT2D eigenvalue weighted by molar-refractivity contribution is 0.625. The van der Waals surface area contributed by atoms with Gasteiger partial charge >= 0.3 is 0 Å². The third kappa shape index (κ3) is 2.15. The number of fused-ring (bicyclic) bond motifs is 1. The molecule has 0 saturated heterocycles. The van der Waals surface area contributed by atoms with Crippen LogP contribution in [0.5, 0.6) is 0 Å². The largest absolute Gasteiger partial charge is 0.329 e. The van der Waals surface area contributed by atoms with Gasteiger partial charge in [0.2, 0.25) is 0 Å². The van der Waals surface area contributed by atoms with E-state index in [0.717, 1.165) is 16.9 Å². The van der Waals surface area contributed by atoms with Crippen molar-refractivity contribution in [1.29, 1.82) is 0 Å². The van der Waals surface area contributed by atoms with Crippen LogP contribution in [0.4, 0.5) is 0 Å². The molecular formula is C13H11ClN4S. The van der Waals surface area contributed by atoms with E-state index in [1.807, 2.05) is 35.8 Å². The molecule has 0 aliphatic carbocycles. The van der Waals surface area contributed by atoms with Crippen molar-refractivity contribution in [2.75, 3.05) is 0 Å². The summed E-state index contributed by atoms with van der Waals surface area (Å²) in [6.45, 7) is 2.04. The molecule has 3 heterocycles. The summed E-state index contributed by atoms with van der Waals surface area (Å²) in [5.41, 5.74) is 2.56. The van der Waals surface area contributed by atoms with Crippen molar-refractivity contribution in [1.82, 2.24) is 19.5 Å². The van der Waals surface area contributed by atoms with Crippen LogP contribution < -0.4 is 0 Å². The van der Waals surface area contributed by atoms with Crippen LogP contribution in [0.2, 0.25) is 5.02 Å². The molecule has 6 heteroatoms. The molecule has 0 fully saturated rings. The minimum absolute atomic E-state index is 0.0103. The van der Waals surface area contributed by atoms with Crippen molar-refractivity contribution in [3.63, 3.8) is 0 Å². The lowest BCUT2D eigenvalue weighted by Gasteiger charge is -2.13. The standard InChI is InChI=1S/C13H11ClN4S/c1-8(10-4-2-3-5-15-10)18-12-11(17-13(18)19)6-9(14)7-16-12/h2-8H,1H3,(H,17,19). The first kappa shape index (κ1) is 12.3. The average Bonchev–Trinajstić information content (AvgIpc) is 2.74. The number of imidazole rings is 1. The van der Waals surface area contributed by atoms with Gasteiger partial charge in [-0.2, -0.15) is 0 Å². The Kier molecular flexibility index (Phi) is 3.08. The van der Waals surface area contributed by atoms with E-state index in [9.17, 15) is 0 Å². The van der Waals surface area contributed by atoms with Crippen LogP contribution >= 0.6 is 23.8 Å². The molecule has 3 rings (SSSR count). The van der Waals surface area contributed by atoms with Gasteiger partial charge in [0.25, 0.3) is 0 Å². The summed E-state index contributed by atoms with van der Waals surface area (Å²) in [6, 6.07) is 7.66.